The number of hydrogen-bond donors (Lipinski definition) is 2. The molecule has 0 aromatic heterocycles. The molecule has 1 atom stereocenters. The van der Waals surface area contributed by atoms with Gasteiger partial charge in [-0.1, -0.05) is 12.5 Å². The predicted molar refractivity (Wildman–Crippen MR) is 79.9 cm³/mol. The zero-order valence-electron chi connectivity index (χ0n) is 12.0. The highest BCUT2D eigenvalue weighted by molar-refractivity contribution is 7.90. The van der Waals surface area contributed by atoms with Crippen LogP contribution in [-0.4, -0.2) is 37.0 Å². The lowest BCUT2D eigenvalue weighted by Crippen LogP contribution is -2.47. The fourth-order valence-electron chi connectivity index (χ4n) is 2.49. The molecule has 1 fully saturated rings. The van der Waals surface area contributed by atoms with Gasteiger partial charge in [-0.3, -0.25) is 4.72 Å². The fraction of sp³-hybridized carbons (Fsp3) is 0.571. The summed E-state index contributed by atoms with van der Waals surface area (Å²) in [6.07, 6.45) is 2.51. The Morgan fingerprint density at radius 3 is 2.70 bits per heavy atom. The van der Waals surface area contributed by atoms with Crippen molar-refractivity contribution in [3.05, 3.63) is 29.3 Å². The highest BCUT2D eigenvalue weighted by Gasteiger charge is 2.31. The second kappa shape index (κ2) is 6.11. The summed E-state index contributed by atoms with van der Waals surface area (Å²) in [6.45, 7) is 4.27. The van der Waals surface area contributed by atoms with Gasteiger partial charge in [0, 0.05) is 12.6 Å². The molecule has 2 rings (SSSR count). The van der Waals surface area contributed by atoms with Gasteiger partial charge in [-0.15, -0.1) is 0 Å². The smallest absolute Gasteiger partial charge is 0.301 e. The van der Waals surface area contributed by atoms with Crippen LogP contribution in [0.1, 0.15) is 30.4 Å². The summed E-state index contributed by atoms with van der Waals surface area (Å²) in [5.74, 6) is 0. The third-order valence-electron chi connectivity index (χ3n) is 3.85. The molecule has 1 aliphatic heterocycles. The topological polar surface area (TPSA) is 69.6 Å². The van der Waals surface area contributed by atoms with Gasteiger partial charge in [-0.25, -0.2) is 0 Å². The summed E-state index contributed by atoms with van der Waals surface area (Å²) in [7, 11) is -3.60. The summed E-state index contributed by atoms with van der Waals surface area (Å²) in [5, 5.41) is 9.34. The molecule has 0 radical (unpaired) electrons. The second-order valence-electron chi connectivity index (χ2n) is 5.35. The molecule has 0 amide bonds. The Kier molecular flexibility index (Phi) is 4.67. The number of piperidine rings is 1. The maximum absolute atomic E-state index is 12.4. The number of rotatable bonds is 4. The van der Waals surface area contributed by atoms with Crippen LogP contribution in [0.5, 0.6) is 0 Å². The Bertz CT molecular complexity index is 572. The molecule has 1 aromatic carbocycles. The molecule has 0 spiro atoms. The zero-order chi connectivity index (χ0) is 14.8. The predicted octanol–water partition coefficient (Wildman–Crippen LogP) is 1.81. The minimum Gasteiger partial charge on any atom is -0.395 e. The lowest BCUT2D eigenvalue weighted by molar-refractivity contribution is 0.156. The molecule has 6 heteroatoms. The van der Waals surface area contributed by atoms with Gasteiger partial charge in [-0.2, -0.15) is 12.7 Å². The molecule has 0 bridgehead atoms. The molecule has 20 heavy (non-hydrogen) atoms. The van der Waals surface area contributed by atoms with Crippen molar-refractivity contribution >= 4 is 15.9 Å². The third kappa shape index (κ3) is 3.31. The van der Waals surface area contributed by atoms with Crippen molar-refractivity contribution in [1.82, 2.24) is 4.31 Å². The molecular weight excluding hydrogens is 276 g/mol. The van der Waals surface area contributed by atoms with Crippen molar-refractivity contribution < 1.29 is 13.5 Å². The van der Waals surface area contributed by atoms with E-state index in [1.54, 1.807) is 6.07 Å². The van der Waals surface area contributed by atoms with E-state index in [0.717, 1.165) is 24.0 Å². The number of benzene rings is 1. The van der Waals surface area contributed by atoms with Crippen LogP contribution in [-0.2, 0) is 10.2 Å². The Balaban J connectivity index is 2.19. The van der Waals surface area contributed by atoms with Gasteiger partial charge in [0.15, 0.2) is 0 Å². The average molecular weight is 298 g/mol. The van der Waals surface area contributed by atoms with E-state index in [4.69, 9.17) is 0 Å². The van der Waals surface area contributed by atoms with Gasteiger partial charge in [0.25, 0.3) is 0 Å². The van der Waals surface area contributed by atoms with E-state index < -0.39 is 10.2 Å². The van der Waals surface area contributed by atoms with Crippen LogP contribution in [0.3, 0.4) is 0 Å². The van der Waals surface area contributed by atoms with Crippen LogP contribution < -0.4 is 4.72 Å². The van der Waals surface area contributed by atoms with Crippen LogP contribution in [0.25, 0.3) is 0 Å². The maximum Gasteiger partial charge on any atom is 0.301 e. The summed E-state index contributed by atoms with van der Waals surface area (Å²) < 4.78 is 28.8. The van der Waals surface area contributed by atoms with Crippen LogP contribution in [0.2, 0.25) is 0 Å². The van der Waals surface area contributed by atoms with E-state index in [9.17, 15) is 13.5 Å². The molecule has 1 aliphatic rings. The van der Waals surface area contributed by atoms with Crippen LogP contribution >= 0.6 is 0 Å². The number of aliphatic hydroxyl groups excluding tert-OH is 1. The number of nitrogens with one attached hydrogen (secondary N) is 1. The van der Waals surface area contributed by atoms with Gasteiger partial charge >= 0.3 is 10.2 Å². The minimum atomic E-state index is -3.60. The highest BCUT2D eigenvalue weighted by atomic mass is 32.2. The summed E-state index contributed by atoms with van der Waals surface area (Å²) >= 11 is 0. The van der Waals surface area contributed by atoms with Crippen LogP contribution in [0.15, 0.2) is 18.2 Å². The standard InChI is InChI=1S/C14H22N2O3S/c1-11-6-7-13(9-12(11)2)15-20(18,19)16-8-4-3-5-14(16)10-17/h6-7,9,14-15,17H,3-5,8,10H2,1-2H3. The number of nitrogens with zero attached hydrogens (tertiary/aromatic N) is 1. The van der Waals surface area contributed by atoms with Crippen molar-refractivity contribution in [3.8, 4) is 0 Å². The van der Waals surface area contributed by atoms with Gasteiger partial charge < -0.3 is 5.11 Å². The third-order valence-corrected chi connectivity index (χ3v) is 5.44. The van der Waals surface area contributed by atoms with Crippen LogP contribution in [0, 0.1) is 13.8 Å². The molecule has 0 saturated carbocycles. The molecule has 112 valence electrons. The van der Waals surface area contributed by atoms with Gasteiger partial charge in [0.1, 0.15) is 0 Å². The van der Waals surface area contributed by atoms with Gasteiger partial charge in [-0.05, 0) is 49.9 Å². The first-order chi connectivity index (χ1) is 9.44. The van der Waals surface area contributed by atoms with E-state index in [2.05, 4.69) is 4.72 Å². The Hall–Kier alpha value is -1.11. The lowest BCUT2D eigenvalue weighted by Gasteiger charge is -2.33. The van der Waals surface area contributed by atoms with Crippen LogP contribution in [0.4, 0.5) is 5.69 Å². The molecular formula is C14H22N2O3S. The summed E-state index contributed by atoms with van der Waals surface area (Å²) in [4.78, 5) is 0. The Morgan fingerprint density at radius 2 is 2.05 bits per heavy atom. The average Bonchev–Trinajstić information content (AvgIpc) is 2.42. The SMILES string of the molecule is Cc1ccc(NS(=O)(=O)N2CCCCC2CO)cc1C. The number of aliphatic hydroxyl groups is 1. The summed E-state index contributed by atoms with van der Waals surface area (Å²) in [6, 6.07) is 5.17. The van der Waals surface area contributed by atoms with Crippen molar-refractivity contribution in [2.24, 2.45) is 0 Å². The number of aryl methyl sites for hydroxylation is 2. The van der Waals surface area contributed by atoms with E-state index >= 15 is 0 Å². The largest absolute Gasteiger partial charge is 0.395 e. The molecule has 1 aromatic rings. The quantitative estimate of drug-likeness (QED) is 0.890. The maximum atomic E-state index is 12.4. The first kappa shape index (κ1) is 15.3. The Morgan fingerprint density at radius 1 is 1.30 bits per heavy atom. The monoisotopic (exact) mass is 298 g/mol. The fourth-order valence-corrected chi connectivity index (χ4v) is 3.96. The van der Waals surface area contributed by atoms with Crippen molar-refractivity contribution in [3.63, 3.8) is 0 Å². The summed E-state index contributed by atoms with van der Waals surface area (Å²) in [5.41, 5.74) is 2.73. The second-order valence-corrected chi connectivity index (χ2v) is 6.97. The molecule has 5 nitrogen and oxygen atoms in total. The normalized spacial score (nSPS) is 20.9. The van der Waals surface area contributed by atoms with E-state index in [1.807, 2.05) is 26.0 Å². The van der Waals surface area contributed by atoms with Crippen molar-refractivity contribution in [2.75, 3.05) is 17.9 Å². The zero-order valence-corrected chi connectivity index (χ0v) is 12.8. The minimum absolute atomic E-state index is 0.131. The van der Waals surface area contributed by atoms with E-state index in [1.165, 1.54) is 4.31 Å². The highest BCUT2D eigenvalue weighted by Crippen LogP contribution is 2.22. The lowest BCUT2D eigenvalue weighted by atomic mass is 10.1. The molecule has 1 unspecified atom stereocenters. The van der Waals surface area contributed by atoms with E-state index in [-0.39, 0.29) is 12.6 Å². The molecule has 2 N–H and O–H groups in total. The van der Waals surface area contributed by atoms with Crippen molar-refractivity contribution in [2.45, 2.75) is 39.2 Å². The number of anilines is 1. The molecule has 1 heterocycles. The van der Waals surface area contributed by atoms with Gasteiger partial charge in [0.05, 0.1) is 12.3 Å². The van der Waals surface area contributed by atoms with E-state index in [0.29, 0.717) is 18.7 Å². The van der Waals surface area contributed by atoms with Gasteiger partial charge in [0.2, 0.25) is 0 Å². The molecule has 1 saturated heterocycles. The Labute approximate surface area is 120 Å². The van der Waals surface area contributed by atoms with Crippen molar-refractivity contribution in [1.29, 1.82) is 0 Å². The first-order valence-electron chi connectivity index (χ1n) is 6.92. The molecule has 0 aliphatic carbocycles. The number of hydrogen-bond acceptors (Lipinski definition) is 3. The first-order valence-corrected chi connectivity index (χ1v) is 8.36.